The molecular formula is C7H10N2O3S. The van der Waals surface area contributed by atoms with E-state index < -0.39 is 10.1 Å². The third-order valence-electron chi connectivity index (χ3n) is 1.38. The molecule has 1 aromatic heterocycles. The van der Waals surface area contributed by atoms with Gasteiger partial charge in [-0.1, -0.05) is 0 Å². The minimum Gasteiger partial charge on any atom is -0.383 e. The van der Waals surface area contributed by atoms with Crippen molar-refractivity contribution in [3.05, 3.63) is 18.3 Å². The Morgan fingerprint density at radius 3 is 2.85 bits per heavy atom. The van der Waals surface area contributed by atoms with E-state index in [9.17, 15) is 8.42 Å². The highest BCUT2D eigenvalue weighted by Crippen LogP contribution is 2.16. The Morgan fingerprint density at radius 2 is 2.31 bits per heavy atom. The van der Waals surface area contributed by atoms with Crippen molar-refractivity contribution in [3.63, 3.8) is 0 Å². The lowest BCUT2D eigenvalue weighted by molar-refractivity contribution is 0.479. The van der Waals surface area contributed by atoms with Crippen LogP contribution in [-0.4, -0.2) is 24.5 Å². The summed E-state index contributed by atoms with van der Waals surface area (Å²) in [6.07, 6.45) is 1.31. The number of rotatable bonds is 3. The van der Waals surface area contributed by atoms with E-state index in [4.69, 9.17) is 4.55 Å². The van der Waals surface area contributed by atoms with Gasteiger partial charge in [0, 0.05) is 12.7 Å². The summed E-state index contributed by atoms with van der Waals surface area (Å²) >= 11 is 0. The van der Waals surface area contributed by atoms with E-state index >= 15 is 0 Å². The number of nitrogens with one attached hydrogen (secondary N) is 1. The van der Waals surface area contributed by atoms with Crippen LogP contribution in [0.4, 0.5) is 5.69 Å². The topological polar surface area (TPSA) is 79.3 Å². The van der Waals surface area contributed by atoms with Crippen LogP contribution in [-0.2, 0) is 10.1 Å². The lowest BCUT2D eigenvalue weighted by atomic mass is 10.4. The molecule has 0 bridgehead atoms. The fourth-order valence-corrected chi connectivity index (χ4v) is 1.53. The fourth-order valence-electron chi connectivity index (χ4n) is 0.921. The molecule has 0 aromatic carbocycles. The highest BCUT2D eigenvalue weighted by Gasteiger charge is 2.15. The smallest absolute Gasteiger partial charge is 0.314 e. The van der Waals surface area contributed by atoms with Crippen molar-refractivity contribution in [1.82, 2.24) is 4.98 Å². The van der Waals surface area contributed by atoms with Gasteiger partial charge >= 0.3 is 10.1 Å². The van der Waals surface area contributed by atoms with Crippen LogP contribution in [0, 0.1) is 0 Å². The van der Waals surface area contributed by atoms with E-state index in [1.54, 1.807) is 12.1 Å². The Labute approximate surface area is 76.6 Å². The lowest BCUT2D eigenvalue weighted by Crippen LogP contribution is -2.07. The van der Waals surface area contributed by atoms with Gasteiger partial charge in [-0.3, -0.25) is 4.55 Å². The number of nitrogens with zero attached hydrogens (tertiary/aromatic N) is 1. The normalized spacial score (nSPS) is 11.2. The van der Waals surface area contributed by atoms with Crippen molar-refractivity contribution in [1.29, 1.82) is 0 Å². The Bertz CT molecular complexity index is 388. The highest BCUT2D eigenvalue weighted by atomic mass is 32.2. The molecule has 0 aliphatic heterocycles. The zero-order valence-electron chi connectivity index (χ0n) is 7.06. The fraction of sp³-hybridized carbons (Fsp3) is 0.286. The first kappa shape index (κ1) is 9.94. The Morgan fingerprint density at radius 1 is 1.62 bits per heavy atom. The van der Waals surface area contributed by atoms with Crippen molar-refractivity contribution in [2.75, 3.05) is 11.9 Å². The first-order valence-corrected chi connectivity index (χ1v) is 5.16. The van der Waals surface area contributed by atoms with E-state index in [-0.39, 0.29) is 5.03 Å². The van der Waals surface area contributed by atoms with Crippen LogP contribution in [0.25, 0.3) is 0 Å². The first-order chi connectivity index (χ1) is 6.05. The summed E-state index contributed by atoms with van der Waals surface area (Å²) in [5.41, 5.74) is 0.313. The van der Waals surface area contributed by atoms with Crippen molar-refractivity contribution in [3.8, 4) is 0 Å². The van der Waals surface area contributed by atoms with E-state index in [2.05, 4.69) is 10.3 Å². The largest absolute Gasteiger partial charge is 0.383 e. The number of aromatic nitrogens is 1. The molecular weight excluding hydrogens is 192 g/mol. The number of hydrogen-bond acceptors (Lipinski definition) is 4. The summed E-state index contributed by atoms with van der Waals surface area (Å²) < 4.78 is 30.3. The quantitative estimate of drug-likeness (QED) is 0.707. The van der Waals surface area contributed by atoms with Gasteiger partial charge in [0.1, 0.15) is 0 Å². The van der Waals surface area contributed by atoms with E-state index in [0.717, 1.165) is 0 Å². The molecule has 1 aromatic rings. The molecule has 13 heavy (non-hydrogen) atoms. The second kappa shape index (κ2) is 3.71. The molecule has 2 N–H and O–H groups in total. The lowest BCUT2D eigenvalue weighted by Gasteiger charge is -2.05. The minimum absolute atomic E-state index is 0.313. The van der Waals surface area contributed by atoms with Gasteiger partial charge < -0.3 is 5.32 Å². The Hall–Kier alpha value is -1.14. The molecule has 1 heterocycles. The van der Waals surface area contributed by atoms with Crippen molar-refractivity contribution in [2.24, 2.45) is 0 Å². The van der Waals surface area contributed by atoms with Gasteiger partial charge in [-0.15, -0.1) is 0 Å². The van der Waals surface area contributed by atoms with Crippen LogP contribution in [0.1, 0.15) is 6.92 Å². The van der Waals surface area contributed by atoms with Gasteiger partial charge in [0.15, 0.2) is 0 Å². The summed E-state index contributed by atoms with van der Waals surface area (Å²) in [6.45, 7) is 2.38. The Kier molecular flexibility index (Phi) is 2.84. The van der Waals surface area contributed by atoms with Gasteiger partial charge in [-0.05, 0) is 19.1 Å². The average Bonchev–Trinajstić information content (AvgIpc) is 2.04. The molecule has 0 unspecified atom stereocenters. The van der Waals surface area contributed by atoms with Gasteiger partial charge in [0.2, 0.25) is 5.03 Å². The summed E-state index contributed by atoms with van der Waals surface area (Å²) in [4.78, 5) is 3.57. The van der Waals surface area contributed by atoms with Crippen LogP contribution in [0.3, 0.4) is 0 Å². The van der Waals surface area contributed by atoms with Gasteiger partial charge in [-0.25, -0.2) is 4.98 Å². The molecule has 0 atom stereocenters. The summed E-state index contributed by atoms with van der Waals surface area (Å²) in [7, 11) is -4.23. The van der Waals surface area contributed by atoms with Gasteiger partial charge in [0.05, 0.1) is 5.69 Å². The van der Waals surface area contributed by atoms with Gasteiger partial charge in [0.25, 0.3) is 0 Å². The molecule has 0 saturated heterocycles. The maximum absolute atomic E-state index is 10.8. The molecule has 6 heteroatoms. The van der Waals surface area contributed by atoms with Crippen LogP contribution in [0.2, 0.25) is 0 Å². The summed E-state index contributed by atoms with van der Waals surface area (Å²) in [6, 6.07) is 3.13. The van der Waals surface area contributed by atoms with Crippen molar-refractivity contribution < 1.29 is 13.0 Å². The molecule has 0 spiro atoms. The van der Waals surface area contributed by atoms with E-state index in [1.807, 2.05) is 6.92 Å². The highest BCUT2D eigenvalue weighted by molar-refractivity contribution is 7.85. The zero-order valence-corrected chi connectivity index (χ0v) is 7.87. The number of pyridine rings is 1. The monoisotopic (exact) mass is 202 g/mol. The third-order valence-corrected chi connectivity index (χ3v) is 2.20. The van der Waals surface area contributed by atoms with E-state index in [1.165, 1.54) is 6.20 Å². The molecule has 0 amide bonds. The Balaban J connectivity index is 3.20. The average molecular weight is 202 g/mol. The second-order valence-corrected chi connectivity index (χ2v) is 3.70. The molecule has 0 fully saturated rings. The molecule has 0 aliphatic carbocycles. The predicted molar refractivity (Wildman–Crippen MR) is 48.2 cm³/mol. The second-order valence-electron chi connectivity index (χ2n) is 2.36. The van der Waals surface area contributed by atoms with Crippen LogP contribution < -0.4 is 5.32 Å². The molecule has 0 aliphatic rings. The maximum Gasteiger partial charge on any atom is 0.314 e. The van der Waals surface area contributed by atoms with E-state index in [0.29, 0.717) is 12.2 Å². The minimum atomic E-state index is -4.23. The molecule has 1 rings (SSSR count). The number of hydrogen-bond donors (Lipinski definition) is 2. The zero-order chi connectivity index (χ0) is 9.90. The van der Waals surface area contributed by atoms with Crippen molar-refractivity contribution in [2.45, 2.75) is 11.9 Å². The van der Waals surface area contributed by atoms with Crippen molar-refractivity contribution >= 4 is 15.8 Å². The predicted octanol–water partition coefficient (Wildman–Crippen LogP) is 0.760. The van der Waals surface area contributed by atoms with Crippen LogP contribution in [0.5, 0.6) is 0 Å². The SMILES string of the molecule is CCNc1cccnc1S(=O)(=O)O. The molecule has 0 radical (unpaired) electrons. The third kappa shape index (κ3) is 2.40. The maximum atomic E-state index is 10.8. The molecule has 0 saturated carbocycles. The molecule has 72 valence electrons. The first-order valence-electron chi connectivity index (χ1n) is 3.72. The number of anilines is 1. The standard InChI is InChI=1S/C7H10N2O3S/c1-2-8-6-4-3-5-9-7(6)13(10,11)12/h3-5,8H,2H2,1H3,(H,10,11,12). The van der Waals surface area contributed by atoms with Gasteiger partial charge in [-0.2, -0.15) is 8.42 Å². The summed E-state index contributed by atoms with van der Waals surface area (Å²) in [5.74, 6) is 0. The van der Waals surface area contributed by atoms with Crippen LogP contribution >= 0.6 is 0 Å². The summed E-state index contributed by atoms with van der Waals surface area (Å²) in [5, 5.41) is 2.44. The molecule has 5 nitrogen and oxygen atoms in total. The van der Waals surface area contributed by atoms with Crippen LogP contribution in [0.15, 0.2) is 23.4 Å².